The number of ether oxygens (including phenoxy) is 1. The van der Waals surface area contributed by atoms with Gasteiger partial charge < -0.3 is 14.6 Å². The summed E-state index contributed by atoms with van der Waals surface area (Å²) in [6.45, 7) is 1.59. The van der Waals surface area contributed by atoms with Crippen molar-refractivity contribution in [2.75, 3.05) is 13.7 Å². The molecule has 0 radical (unpaired) electrons. The molecule has 1 aromatic carbocycles. The van der Waals surface area contributed by atoms with Crippen LogP contribution in [0.15, 0.2) is 24.3 Å². The van der Waals surface area contributed by atoms with Crippen molar-refractivity contribution in [3.63, 3.8) is 0 Å². The Balaban J connectivity index is 2.35. The van der Waals surface area contributed by atoms with E-state index in [4.69, 9.17) is 4.74 Å². The van der Waals surface area contributed by atoms with Crippen LogP contribution in [0.2, 0.25) is 0 Å². The van der Waals surface area contributed by atoms with Gasteiger partial charge in [0.05, 0.1) is 12.1 Å². The molecule has 0 fully saturated rings. The van der Waals surface area contributed by atoms with Crippen LogP contribution in [0.5, 0.6) is 5.88 Å². The second-order valence-corrected chi connectivity index (χ2v) is 4.13. The highest BCUT2D eigenvalue weighted by Crippen LogP contribution is 2.34. The summed E-state index contributed by atoms with van der Waals surface area (Å²) in [7, 11) is 1.64. The van der Waals surface area contributed by atoms with Crippen molar-refractivity contribution in [3.05, 3.63) is 29.8 Å². The van der Waals surface area contributed by atoms with E-state index in [1.165, 1.54) is 0 Å². The van der Waals surface area contributed by atoms with Gasteiger partial charge in [-0.25, -0.2) is 0 Å². The molecule has 0 saturated heterocycles. The first-order valence-corrected chi connectivity index (χ1v) is 5.79. The van der Waals surface area contributed by atoms with E-state index in [1.54, 1.807) is 7.05 Å². The molecule has 1 aliphatic heterocycles. The van der Waals surface area contributed by atoms with Gasteiger partial charge >= 0.3 is 0 Å². The van der Waals surface area contributed by atoms with Crippen LogP contribution in [0.25, 0.3) is 10.9 Å². The van der Waals surface area contributed by atoms with Crippen molar-refractivity contribution in [1.29, 1.82) is 0 Å². The lowest BCUT2D eigenvalue weighted by Gasteiger charge is -2.17. The number of amides is 1. The number of fused-ring (bicyclic) bond motifs is 3. The number of aryl methyl sites for hydroxylation is 1. The molecule has 0 unspecified atom stereocenters. The second-order valence-electron chi connectivity index (χ2n) is 4.13. The fraction of sp³-hybridized carbons (Fsp3) is 0.308. The quantitative estimate of drug-likeness (QED) is 0.811. The van der Waals surface area contributed by atoms with Crippen molar-refractivity contribution >= 4 is 16.8 Å². The molecule has 0 bridgehead atoms. The van der Waals surface area contributed by atoms with E-state index in [9.17, 15) is 4.79 Å². The summed E-state index contributed by atoms with van der Waals surface area (Å²) in [5.41, 5.74) is 1.73. The minimum absolute atomic E-state index is 0.0863. The Morgan fingerprint density at radius 2 is 2.24 bits per heavy atom. The van der Waals surface area contributed by atoms with E-state index in [0.717, 1.165) is 23.9 Å². The molecular weight excluding hydrogens is 216 g/mol. The maximum Gasteiger partial charge on any atom is 0.257 e. The summed E-state index contributed by atoms with van der Waals surface area (Å²) in [4.78, 5) is 12.0. The zero-order chi connectivity index (χ0) is 11.8. The second kappa shape index (κ2) is 3.80. The summed E-state index contributed by atoms with van der Waals surface area (Å²) in [6.07, 6.45) is 0.985. The molecule has 0 atom stereocenters. The molecule has 0 aliphatic carbocycles. The Bertz CT molecular complexity index is 586. The van der Waals surface area contributed by atoms with Gasteiger partial charge in [-0.05, 0) is 12.5 Å². The molecule has 88 valence electrons. The normalized spacial score (nSPS) is 14.2. The number of aromatic nitrogens is 1. The van der Waals surface area contributed by atoms with Gasteiger partial charge in [-0.3, -0.25) is 4.79 Å². The third-order valence-corrected chi connectivity index (χ3v) is 3.14. The summed E-state index contributed by atoms with van der Waals surface area (Å²) < 4.78 is 7.75. The monoisotopic (exact) mass is 230 g/mol. The first-order valence-electron chi connectivity index (χ1n) is 5.79. The molecule has 3 rings (SSSR count). The Morgan fingerprint density at radius 1 is 1.41 bits per heavy atom. The third kappa shape index (κ3) is 1.40. The van der Waals surface area contributed by atoms with Crippen LogP contribution in [-0.4, -0.2) is 24.1 Å². The molecule has 2 aromatic rings. The highest BCUT2D eigenvalue weighted by atomic mass is 16.5. The van der Waals surface area contributed by atoms with E-state index < -0.39 is 0 Å². The lowest BCUT2D eigenvalue weighted by molar-refractivity contribution is 0.0958. The van der Waals surface area contributed by atoms with E-state index >= 15 is 0 Å². The van der Waals surface area contributed by atoms with Gasteiger partial charge in [0, 0.05) is 19.0 Å². The molecule has 2 heterocycles. The average Bonchev–Trinajstić information content (AvgIpc) is 2.72. The predicted molar refractivity (Wildman–Crippen MR) is 65.4 cm³/mol. The maximum atomic E-state index is 12.0. The number of carbonyl (C=O) groups excluding carboxylic acids is 1. The number of nitrogens with zero attached hydrogens (tertiary/aromatic N) is 1. The largest absolute Gasteiger partial charge is 0.478 e. The van der Waals surface area contributed by atoms with Crippen LogP contribution in [0, 0.1) is 0 Å². The number of benzene rings is 1. The summed E-state index contributed by atoms with van der Waals surface area (Å²) >= 11 is 0. The van der Waals surface area contributed by atoms with Crippen LogP contribution in [0.1, 0.15) is 16.8 Å². The first-order chi connectivity index (χ1) is 8.33. The van der Waals surface area contributed by atoms with Crippen molar-refractivity contribution in [2.45, 2.75) is 13.0 Å². The number of hydrogen-bond donors (Lipinski definition) is 1. The summed E-state index contributed by atoms with van der Waals surface area (Å²) in [6, 6.07) is 7.92. The minimum atomic E-state index is -0.0863. The Labute approximate surface area is 99.2 Å². The van der Waals surface area contributed by atoms with E-state index in [0.29, 0.717) is 18.1 Å². The number of nitrogens with one attached hydrogen (secondary N) is 1. The standard InChI is InChI=1S/C13H14N2O2/c1-14-12(16)11-9-5-2-3-6-10(9)15-7-4-8-17-13(11)15/h2-3,5-6H,4,7-8H2,1H3,(H,14,16). The topological polar surface area (TPSA) is 43.3 Å². The van der Waals surface area contributed by atoms with Crippen LogP contribution in [0.3, 0.4) is 0 Å². The lowest BCUT2D eigenvalue weighted by atomic mass is 10.1. The third-order valence-electron chi connectivity index (χ3n) is 3.14. The molecule has 1 aromatic heterocycles. The van der Waals surface area contributed by atoms with E-state index in [1.807, 2.05) is 24.3 Å². The highest BCUT2D eigenvalue weighted by Gasteiger charge is 2.24. The fourth-order valence-corrected chi connectivity index (χ4v) is 2.39. The van der Waals surface area contributed by atoms with Crippen LogP contribution in [-0.2, 0) is 6.54 Å². The van der Waals surface area contributed by atoms with Gasteiger partial charge in [0.1, 0.15) is 5.56 Å². The molecule has 0 spiro atoms. The first kappa shape index (κ1) is 10.2. The van der Waals surface area contributed by atoms with Gasteiger partial charge in [0.25, 0.3) is 5.91 Å². The Morgan fingerprint density at radius 3 is 3.06 bits per heavy atom. The molecule has 1 aliphatic rings. The molecule has 4 heteroatoms. The van der Waals surface area contributed by atoms with Crippen LogP contribution < -0.4 is 10.1 Å². The molecule has 4 nitrogen and oxygen atoms in total. The smallest absolute Gasteiger partial charge is 0.257 e. The summed E-state index contributed by atoms with van der Waals surface area (Å²) in [5, 5.41) is 3.64. The van der Waals surface area contributed by atoms with Gasteiger partial charge in [-0.1, -0.05) is 18.2 Å². The Kier molecular flexibility index (Phi) is 2.28. The SMILES string of the molecule is CNC(=O)c1c2n(c3ccccc13)CCCO2. The number of rotatable bonds is 1. The zero-order valence-corrected chi connectivity index (χ0v) is 9.69. The fourth-order valence-electron chi connectivity index (χ4n) is 2.39. The highest BCUT2D eigenvalue weighted by molar-refractivity contribution is 6.09. The number of carbonyl (C=O) groups is 1. The minimum Gasteiger partial charge on any atom is -0.478 e. The number of para-hydroxylation sites is 1. The molecule has 1 N–H and O–H groups in total. The molecule has 0 saturated carbocycles. The molecule has 1 amide bonds. The molecular formula is C13H14N2O2. The van der Waals surface area contributed by atoms with Crippen LogP contribution >= 0.6 is 0 Å². The summed E-state index contributed by atoms with van der Waals surface area (Å²) in [5.74, 6) is 0.619. The van der Waals surface area contributed by atoms with Crippen LogP contribution in [0.4, 0.5) is 0 Å². The lowest BCUT2D eigenvalue weighted by Crippen LogP contribution is -2.21. The predicted octanol–water partition coefficient (Wildman–Crippen LogP) is 1.78. The van der Waals surface area contributed by atoms with Gasteiger partial charge in [0.2, 0.25) is 5.88 Å². The van der Waals surface area contributed by atoms with E-state index in [-0.39, 0.29) is 5.91 Å². The average molecular weight is 230 g/mol. The zero-order valence-electron chi connectivity index (χ0n) is 9.69. The Hall–Kier alpha value is -1.97. The van der Waals surface area contributed by atoms with Crippen molar-refractivity contribution in [2.24, 2.45) is 0 Å². The van der Waals surface area contributed by atoms with Crippen molar-refractivity contribution < 1.29 is 9.53 Å². The van der Waals surface area contributed by atoms with Gasteiger partial charge in [-0.15, -0.1) is 0 Å². The maximum absolute atomic E-state index is 12.0. The van der Waals surface area contributed by atoms with Crippen molar-refractivity contribution in [1.82, 2.24) is 9.88 Å². The van der Waals surface area contributed by atoms with E-state index in [2.05, 4.69) is 9.88 Å². The molecule has 17 heavy (non-hydrogen) atoms. The number of hydrogen-bond acceptors (Lipinski definition) is 2. The van der Waals surface area contributed by atoms with Gasteiger partial charge in [-0.2, -0.15) is 0 Å². The van der Waals surface area contributed by atoms with Gasteiger partial charge in [0.15, 0.2) is 0 Å². The van der Waals surface area contributed by atoms with Crippen molar-refractivity contribution in [3.8, 4) is 5.88 Å².